The van der Waals surface area contributed by atoms with Gasteiger partial charge in [-0.05, 0) is 6.92 Å². The molecule has 1 heterocycles. The summed E-state index contributed by atoms with van der Waals surface area (Å²) >= 11 is 0. The molecule has 1 aliphatic rings. The van der Waals surface area contributed by atoms with E-state index in [1.165, 1.54) is 20.8 Å². The minimum absolute atomic E-state index is 0.420. The van der Waals surface area contributed by atoms with Gasteiger partial charge in [0.25, 0.3) is 0 Å². The van der Waals surface area contributed by atoms with Crippen LogP contribution in [0.5, 0.6) is 0 Å². The molecule has 0 aromatic carbocycles. The van der Waals surface area contributed by atoms with E-state index in [0.29, 0.717) is 0 Å². The summed E-state index contributed by atoms with van der Waals surface area (Å²) in [5.41, 5.74) is 0. The highest BCUT2D eigenvalue weighted by atomic mass is 16.6. The summed E-state index contributed by atoms with van der Waals surface area (Å²) in [6, 6.07) is -0.984. The molecule has 98 valence electrons. The molecule has 3 N–H and O–H groups in total. The number of rotatable bonds is 2. The lowest BCUT2D eigenvalue weighted by Crippen LogP contribution is -2.63. The predicted octanol–water partition coefficient (Wildman–Crippen LogP) is -1.48. The van der Waals surface area contributed by atoms with Crippen molar-refractivity contribution < 1.29 is 29.3 Å². The molecule has 1 unspecified atom stereocenters. The number of ether oxygens (including phenoxy) is 2. The Balaban J connectivity index is 2.86. The molecule has 17 heavy (non-hydrogen) atoms. The zero-order chi connectivity index (χ0) is 13.2. The molecule has 5 atom stereocenters. The first-order valence-corrected chi connectivity index (χ1v) is 5.29. The maximum Gasteiger partial charge on any atom is 0.303 e. The first-order chi connectivity index (χ1) is 7.82. The molecule has 1 amide bonds. The Morgan fingerprint density at radius 3 is 2.35 bits per heavy atom. The summed E-state index contributed by atoms with van der Waals surface area (Å²) in [5, 5.41) is 21.9. The van der Waals surface area contributed by atoms with E-state index in [2.05, 4.69) is 5.32 Å². The molecular weight excluding hydrogens is 230 g/mol. The molecule has 0 saturated carbocycles. The summed E-state index contributed by atoms with van der Waals surface area (Å²) in [4.78, 5) is 21.9. The lowest BCUT2D eigenvalue weighted by molar-refractivity contribution is -0.248. The van der Waals surface area contributed by atoms with Gasteiger partial charge in [-0.15, -0.1) is 0 Å². The van der Waals surface area contributed by atoms with Gasteiger partial charge in [0.15, 0.2) is 12.4 Å². The average molecular weight is 247 g/mol. The summed E-state index contributed by atoms with van der Waals surface area (Å²) in [5.74, 6) is -1.03. The quantitative estimate of drug-likeness (QED) is 0.514. The minimum Gasteiger partial charge on any atom is -0.457 e. The normalized spacial score (nSPS) is 37.4. The van der Waals surface area contributed by atoms with Crippen LogP contribution in [0, 0.1) is 0 Å². The van der Waals surface area contributed by atoms with Gasteiger partial charge in [-0.3, -0.25) is 9.59 Å². The van der Waals surface area contributed by atoms with Crippen molar-refractivity contribution in [2.45, 2.75) is 51.4 Å². The van der Waals surface area contributed by atoms with Crippen molar-refractivity contribution >= 4 is 11.9 Å². The highest BCUT2D eigenvalue weighted by Gasteiger charge is 2.45. The zero-order valence-corrected chi connectivity index (χ0v) is 9.91. The van der Waals surface area contributed by atoms with E-state index in [1.54, 1.807) is 0 Å². The summed E-state index contributed by atoms with van der Waals surface area (Å²) in [6.45, 7) is 3.97. The van der Waals surface area contributed by atoms with Gasteiger partial charge in [0.05, 0.1) is 6.10 Å². The van der Waals surface area contributed by atoms with Gasteiger partial charge in [-0.2, -0.15) is 0 Å². The number of nitrogens with one attached hydrogen (secondary N) is 1. The third-order valence-corrected chi connectivity index (χ3v) is 2.50. The Hall–Kier alpha value is -1.18. The molecular formula is C10H17NO6. The first kappa shape index (κ1) is 13.9. The van der Waals surface area contributed by atoms with Crippen LogP contribution in [0.25, 0.3) is 0 Å². The smallest absolute Gasteiger partial charge is 0.303 e. The summed E-state index contributed by atoms with van der Waals surface area (Å²) in [6.07, 6.45) is -4.17. The Morgan fingerprint density at radius 2 is 1.88 bits per heavy atom. The predicted molar refractivity (Wildman–Crippen MR) is 55.7 cm³/mol. The molecule has 0 aliphatic carbocycles. The fraction of sp³-hybridized carbons (Fsp3) is 0.800. The SMILES string of the molecule is CC(=O)N[C@@H]1C(O)O[C@@H](C)[C@@H](O)[C@H]1OC(C)=O. The second-order valence-electron chi connectivity index (χ2n) is 4.02. The topological polar surface area (TPSA) is 105 Å². The molecule has 0 bridgehead atoms. The number of hydrogen-bond donors (Lipinski definition) is 3. The Kier molecular flexibility index (Phi) is 4.44. The van der Waals surface area contributed by atoms with Crippen LogP contribution in [0.2, 0.25) is 0 Å². The maximum atomic E-state index is 11.0. The van der Waals surface area contributed by atoms with Crippen LogP contribution in [-0.2, 0) is 19.1 Å². The van der Waals surface area contributed by atoms with Crippen molar-refractivity contribution in [1.29, 1.82) is 0 Å². The van der Waals surface area contributed by atoms with Crippen LogP contribution in [-0.4, -0.2) is 52.7 Å². The van der Waals surface area contributed by atoms with Crippen LogP contribution < -0.4 is 5.32 Å². The number of hydrogen-bond acceptors (Lipinski definition) is 6. The van der Waals surface area contributed by atoms with Crippen molar-refractivity contribution in [2.75, 3.05) is 0 Å². The lowest BCUT2D eigenvalue weighted by atomic mass is 9.97. The van der Waals surface area contributed by atoms with Crippen molar-refractivity contribution in [2.24, 2.45) is 0 Å². The minimum atomic E-state index is -1.33. The van der Waals surface area contributed by atoms with Crippen molar-refractivity contribution in [3.05, 3.63) is 0 Å². The Morgan fingerprint density at radius 1 is 1.29 bits per heavy atom. The number of carbonyl (C=O) groups excluding carboxylic acids is 2. The zero-order valence-electron chi connectivity index (χ0n) is 9.91. The van der Waals surface area contributed by atoms with Gasteiger partial charge in [-0.1, -0.05) is 0 Å². The maximum absolute atomic E-state index is 11.0. The van der Waals surface area contributed by atoms with Gasteiger partial charge >= 0.3 is 5.97 Å². The number of carbonyl (C=O) groups is 2. The van der Waals surface area contributed by atoms with E-state index in [4.69, 9.17) is 9.47 Å². The van der Waals surface area contributed by atoms with E-state index in [9.17, 15) is 19.8 Å². The van der Waals surface area contributed by atoms with E-state index in [0.717, 1.165) is 0 Å². The molecule has 1 saturated heterocycles. The van der Waals surface area contributed by atoms with Crippen molar-refractivity contribution in [1.82, 2.24) is 5.32 Å². The van der Waals surface area contributed by atoms with Crippen molar-refractivity contribution in [3.63, 3.8) is 0 Å². The average Bonchev–Trinajstić information content (AvgIpc) is 2.19. The standard InChI is InChI=1S/C10H17NO6/c1-4-8(14)9(17-6(3)13)7(10(15)16-4)11-5(2)12/h4,7-10,14-15H,1-3H3,(H,11,12)/t4-,7-,8+,9-,10?/m0/s1. The van der Waals surface area contributed by atoms with Crippen LogP contribution >= 0.6 is 0 Å². The largest absolute Gasteiger partial charge is 0.457 e. The van der Waals surface area contributed by atoms with E-state index in [-0.39, 0.29) is 0 Å². The molecule has 0 spiro atoms. The second kappa shape index (κ2) is 5.44. The van der Waals surface area contributed by atoms with Crippen LogP contribution in [0.15, 0.2) is 0 Å². The molecule has 1 aliphatic heterocycles. The molecule has 0 aromatic rings. The molecule has 0 aromatic heterocycles. The van der Waals surface area contributed by atoms with E-state index < -0.39 is 42.5 Å². The highest BCUT2D eigenvalue weighted by molar-refractivity contribution is 5.73. The van der Waals surface area contributed by atoms with Gasteiger partial charge in [0.2, 0.25) is 5.91 Å². The molecule has 1 rings (SSSR count). The fourth-order valence-corrected chi connectivity index (χ4v) is 1.75. The number of amides is 1. The third kappa shape index (κ3) is 3.39. The number of esters is 1. The van der Waals surface area contributed by atoms with Gasteiger partial charge in [0.1, 0.15) is 12.1 Å². The monoisotopic (exact) mass is 247 g/mol. The van der Waals surface area contributed by atoms with E-state index >= 15 is 0 Å². The van der Waals surface area contributed by atoms with Crippen molar-refractivity contribution in [3.8, 4) is 0 Å². The summed E-state index contributed by atoms with van der Waals surface area (Å²) < 4.78 is 9.94. The van der Waals surface area contributed by atoms with Crippen LogP contribution in [0.3, 0.4) is 0 Å². The molecule has 0 radical (unpaired) electrons. The number of aliphatic hydroxyl groups is 2. The molecule has 1 fully saturated rings. The summed E-state index contributed by atoms with van der Waals surface area (Å²) in [7, 11) is 0. The molecule has 7 heteroatoms. The van der Waals surface area contributed by atoms with Gasteiger partial charge in [-0.25, -0.2) is 0 Å². The van der Waals surface area contributed by atoms with E-state index in [1.807, 2.05) is 0 Å². The highest BCUT2D eigenvalue weighted by Crippen LogP contribution is 2.22. The van der Waals surface area contributed by atoms with Gasteiger partial charge in [0, 0.05) is 13.8 Å². The van der Waals surface area contributed by atoms with Gasteiger partial charge < -0.3 is 25.0 Å². The Bertz CT molecular complexity index is 307. The third-order valence-electron chi connectivity index (χ3n) is 2.50. The lowest BCUT2D eigenvalue weighted by Gasteiger charge is -2.41. The van der Waals surface area contributed by atoms with Crippen LogP contribution in [0.4, 0.5) is 0 Å². The number of aliphatic hydroxyl groups excluding tert-OH is 2. The first-order valence-electron chi connectivity index (χ1n) is 5.29. The second-order valence-corrected chi connectivity index (χ2v) is 4.02. The molecule has 7 nitrogen and oxygen atoms in total. The fourth-order valence-electron chi connectivity index (χ4n) is 1.75. The Labute approximate surface area is 98.7 Å². The van der Waals surface area contributed by atoms with Crippen LogP contribution in [0.1, 0.15) is 20.8 Å².